The molecule has 2 heterocycles. The quantitative estimate of drug-likeness (QED) is 0.579. The van der Waals surface area contributed by atoms with E-state index in [-0.39, 0.29) is 12.1 Å². The number of halogens is 3. The number of aliphatic imine (C=N–C) groups is 1. The molecule has 0 aromatic rings. The van der Waals surface area contributed by atoms with Crippen molar-refractivity contribution in [3.8, 4) is 0 Å². The third-order valence-corrected chi connectivity index (χ3v) is 2.87. The molecule has 2 aliphatic heterocycles. The van der Waals surface area contributed by atoms with Gasteiger partial charge in [-0.3, -0.25) is 0 Å². The summed E-state index contributed by atoms with van der Waals surface area (Å²) >= 11 is 0.847. The Hall–Kier alpha value is -0.277. The molecule has 96 valence electrons. The fourth-order valence-corrected chi connectivity index (χ4v) is 1.86. The fraction of sp³-hybridized carbons (Fsp3) is 0.583. The average molecular weight is 326 g/mol. The number of hydrogen-bond acceptors (Lipinski definition) is 2. The van der Waals surface area contributed by atoms with Crippen molar-refractivity contribution in [1.82, 2.24) is 5.32 Å². The number of nitrogens with zero attached hydrogens (tertiary/aromatic N) is 1. The Kier molecular flexibility index (Phi) is 5.93. The van der Waals surface area contributed by atoms with Crippen LogP contribution in [0.3, 0.4) is 0 Å². The first-order valence-corrected chi connectivity index (χ1v) is 9.63. The van der Waals surface area contributed by atoms with Crippen LogP contribution < -0.4 is 5.32 Å². The van der Waals surface area contributed by atoms with Crippen LogP contribution >= 0.6 is 9.69 Å². The summed E-state index contributed by atoms with van der Waals surface area (Å²) in [7, 11) is 4.76. The maximum atomic E-state index is 13.2. The third kappa shape index (κ3) is 4.13. The predicted molar refractivity (Wildman–Crippen MR) is 65.4 cm³/mol. The van der Waals surface area contributed by atoms with E-state index in [9.17, 15) is 8.78 Å². The maximum absolute atomic E-state index is 13.2. The van der Waals surface area contributed by atoms with E-state index in [1.165, 1.54) is 6.08 Å². The van der Waals surface area contributed by atoms with Gasteiger partial charge >= 0.3 is 27.0 Å². The van der Waals surface area contributed by atoms with Crippen LogP contribution in [0.4, 0.5) is 8.78 Å². The summed E-state index contributed by atoms with van der Waals surface area (Å²) in [5, 5.41) is 3.05. The van der Waals surface area contributed by atoms with E-state index >= 15 is 0 Å². The van der Waals surface area contributed by atoms with Crippen molar-refractivity contribution in [2.45, 2.75) is 32.6 Å². The second-order valence-electron chi connectivity index (χ2n) is 4.56. The Morgan fingerprint density at radius 1 is 1.56 bits per heavy atom. The number of nitrogens with one attached hydrogen (secondary N) is 1. The second kappa shape index (κ2) is 6.76. The van der Waals surface area contributed by atoms with Gasteiger partial charge in [-0.1, -0.05) is 25.0 Å². The first-order valence-electron chi connectivity index (χ1n) is 5.73. The zero-order chi connectivity index (χ0) is 13.8. The van der Waals surface area contributed by atoms with Gasteiger partial charge in [0, 0.05) is 19.0 Å². The van der Waals surface area contributed by atoms with Crippen LogP contribution in [0.5, 0.6) is 0 Å². The molecule has 0 unspecified atom stereocenters. The van der Waals surface area contributed by atoms with Gasteiger partial charge in [0.05, 0.1) is 0 Å². The van der Waals surface area contributed by atoms with Gasteiger partial charge in [-0.05, 0) is 12.1 Å². The third-order valence-electron chi connectivity index (χ3n) is 2.87. The molecule has 1 N–H and O–H groups in total. The van der Waals surface area contributed by atoms with Crippen molar-refractivity contribution in [3.05, 3.63) is 23.0 Å². The number of rotatable bonds is 1. The minimum absolute atomic E-state index is 0.0892. The molecule has 2 rings (SSSR count). The van der Waals surface area contributed by atoms with Crippen molar-refractivity contribution >= 4 is 15.9 Å². The molecule has 6 heteroatoms. The van der Waals surface area contributed by atoms with E-state index in [2.05, 4.69) is 23.4 Å². The van der Waals surface area contributed by atoms with Crippen LogP contribution in [-0.2, 0) is 17.3 Å². The summed E-state index contributed by atoms with van der Waals surface area (Å²) in [5.74, 6) is -2.32. The predicted octanol–water partition coefficient (Wildman–Crippen LogP) is 3.45. The van der Waals surface area contributed by atoms with E-state index in [0.717, 1.165) is 42.8 Å². The van der Waals surface area contributed by atoms with E-state index in [1.54, 1.807) is 0 Å². The molecule has 0 aromatic heterocycles. The molecule has 1 atom stereocenters. The molecule has 0 amide bonds. The van der Waals surface area contributed by atoms with Crippen molar-refractivity contribution < 1.29 is 26.1 Å². The number of allylic oxidation sites excluding steroid dienone is 2. The standard InChI is InChI=1S/C12H15F2N2.ClH.Zn/c1-8-3-4-15-11-6-9(12(2,13)14)7-16-10(11)5-8;;/h6,8,16H,3,5,7H2,1-2H3;1H;/q-1;;+2/p-1/t8-;;/m1../s1. The Bertz CT molecular complexity index is 386. The molecule has 2 aliphatic rings. The molecule has 18 heavy (non-hydrogen) atoms. The number of hydrogen-bond donors (Lipinski definition) is 1. The minimum atomic E-state index is -2.78. The van der Waals surface area contributed by atoms with Crippen LogP contribution in [0.25, 0.3) is 0 Å². The Morgan fingerprint density at radius 2 is 2.22 bits per heavy atom. The van der Waals surface area contributed by atoms with Gasteiger partial charge in [0.15, 0.2) is 0 Å². The Labute approximate surface area is 120 Å². The molecule has 0 aliphatic carbocycles. The summed E-state index contributed by atoms with van der Waals surface area (Å²) < 4.78 is 26.3. The Morgan fingerprint density at radius 3 is 2.83 bits per heavy atom. The molecule has 0 fully saturated rings. The molecule has 0 radical (unpaired) electrons. The van der Waals surface area contributed by atoms with Gasteiger partial charge < -0.3 is 10.3 Å². The monoisotopic (exact) mass is 324 g/mol. The van der Waals surface area contributed by atoms with Crippen molar-refractivity contribution in [3.63, 3.8) is 0 Å². The zero-order valence-electron chi connectivity index (χ0n) is 10.6. The molecule has 0 saturated heterocycles. The van der Waals surface area contributed by atoms with E-state index in [0.29, 0.717) is 11.6 Å². The van der Waals surface area contributed by atoms with E-state index in [4.69, 9.17) is 9.69 Å². The second-order valence-corrected chi connectivity index (χ2v) is 4.56. The molecular formula is C12H15ClF2N2Zn. The van der Waals surface area contributed by atoms with E-state index in [1.807, 2.05) is 0 Å². The average Bonchev–Trinajstić information content (AvgIpc) is 2.50. The summed E-state index contributed by atoms with van der Waals surface area (Å²) in [6.45, 7) is 3.23. The SMILES string of the molecule is C[C@@H]1C[C-]=NC2=C(C1)NCC(C(C)(F)F)=C2.[Cl][Zn+]. The van der Waals surface area contributed by atoms with Crippen LogP contribution in [0.1, 0.15) is 26.7 Å². The van der Waals surface area contributed by atoms with Gasteiger partial charge in [-0.25, -0.2) is 8.78 Å². The van der Waals surface area contributed by atoms with Crippen molar-refractivity contribution in [2.75, 3.05) is 6.54 Å². The van der Waals surface area contributed by atoms with Crippen molar-refractivity contribution in [2.24, 2.45) is 10.9 Å². The first kappa shape index (κ1) is 15.8. The molecule has 2 nitrogen and oxygen atoms in total. The summed E-state index contributed by atoms with van der Waals surface area (Å²) in [4.78, 5) is 4.12. The van der Waals surface area contributed by atoms with Gasteiger partial charge in [0.1, 0.15) is 0 Å². The fourth-order valence-electron chi connectivity index (χ4n) is 1.86. The topological polar surface area (TPSA) is 24.4 Å². The van der Waals surface area contributed by atoms with Crippen LogP contribution in [0.2, 0.25) is 0 Å². The molecule has 0 bridgehead atoms. The van der Waals surface area contributed by atoms with E-state index < -0.39 is 5.92 Å². The number of dihydropyridines is 1. The zero-order valence-corrected chi connectivity index (χ0v) is 14.3. The normalized spacial score (nSPS) is 23.3. The summed E-state index contributed by atoms with van der Waals surface area (Å²) in [5.41, 5.74) is 1.67. The Balaban J connectivity index is 0.000000771. The molecule has 0 spiro atoms. The van der Waals surface area contributed by atoms with Gasteiger partial charge in [0.25, 0.3) is 5.92 Å². The van der Waals surface area contributed by atoms with Gasteiger partial charge in [-0.15, -0.1) is 6.08 Å². The summed E-state index contributed by atoms with van der Waals surface area (Å²) in [6.07, 6.45) is 6.03. The van der Waals surface area contributed by atoms with Gasteiger partial charge in [0.2, 0.25) is 0 Å². The van der Waals surface area contributed by atoms with Crippen LogP contribution in [-0.4, -0.2) is 18.7 Å². The van der Waals surface area contributed by atoms with Crippen molar-refractivity contribution in [1.29, 1.82) is 0 Å². The molecule has 0 saturated carbocycles. The molecular weight excluding hydrogens is 311 g/mol. The van der Waals surface area contributed by atoms with Gasteiger partial charge in [-0.2, -0.15) is 6.21 Å². The molecule has 0 aromatic carbocycles. The van der Waals surface area contributed by atoms with Crippen LogP contribution in [0, 0.1) is 5.92 Å². The van der Waals surface area contributed by atoms with Crippen LogP contribution in [0.15, 0.2) is 28.0 Å². The number of alkyl halides is 2. The first-order chi connectivity index (χ1) is 8.47. The summed E-state index contributed by atoms with van der Waals surface area (Å²) in [6, 6.07) is 0.